The van der Waals surface area contributed by atoms with E-state index in [9.17, 15) is 9.59 Å². The first-order valence-corrected chi connectivity index (χ1v) is 27.7. The number of hydrogen-bond donors (Lipinski definition) is 4. The van der Waals surface area contributed by atoms with Crippen LogP contribution >= 0.6 is 0 Å². The van der Waals surface area contributed by atoms with Crippen LogP contribution < -0.4 is 0 Å². The molecule has 0 bridgehead atoms. The topological polar surface area (TPSA) is 80.9 Å². The summed E-state index contributed by atoms with van der Waals surface area (Å²) < 4.78 is 0. The van der Waals surface area contributed by atoms with Crippen molar-refractivity contribution >= 4 is 16.6 Å². The number of hydrogen-bond acceptors (Lipinski definition) is 4. The van der Waals surface area contributed by atoms with Crippen molar-refractivity contribution in [3.63, 3.8) is 0 Å². The Morgan fingerprint density at radius 3 is 0.582 bits per heavy atom. The molecular formula is C48H80O4Si2Ti. The molecule has 0 aliphatic heterocycles. The van der Waals surface area contributed by atoms with Gasteiger partial charge >= 0.3 is 0 Å². The molecule has 8 rings (SSSR count). The third-order valence-electron chi connectivity index (χ3n) is 15.1. The SMILES string of the molecule is O[Si](C1CCCCC1)(C1CCCCC1)C1CCCCC1.O[Si](C1CCCCC1)(C1CCCCC1)C1CCCCC1.Oc1ccccc1.Oc1ccccc1.[Ti]. The minimum absolute atomic E-state index is 0. The van der Waals surface area contributed by atoms with E-state index in [4.69, 9.17) is 10.2 Å². The van der Waals surface area contributed by atoms with Crippen LogP contribution in [0.15, 0.2) is 60.7 Å². The van der Waals surface area contributed by atoms with Crippen LogP contribution in [-0.2, 0) is 21.7 Å². The molecule has 6 saturated carbocycles. The summed E-state index contributed by atoms with van der Waals surface area (Å²) in [5.74, 6) is 0.644. The zero-order valence-corrected chi connectivity index (χ0v) is 38.3. The molecule has 2 aromatic carbocycles. The third kappa shape index (κ3) is 14.1. The molecule has 0 spiro atoms. The molecule has 7 heteroatoms. The summed E-state index contributed by atoms with van der Waals surface area (Å²) in [5, 5.41) is 17.3. The van der Waals surface area contributed by atoms with Crippen molar-refractivity contribution in [2.24, 2.45) is 0 Å². The van der Waals surface area contributed by atoms with E-state index >= 15 is 0 Å². The zero-order chi connectivity index (χ0) is 37.9. The van der Waals surface area contributed by atoms with Gasteiger partial charge in [-0.25, -0.2) is 0 Å². The second-order valence-electron chi connectivity index (χ2n) is 18.5. The summed E-state index contributed by atoms with van der Waals surface area (Å²) in [7, 11) is -4.09. The summed E-state index contributed by atoms with van der Waals surface area (Å²) in [6.07, 6.45) is 41.8. The maximum Gasteiger partial charge on any atom is 0.197 e. The average Bonchev–Trinajstić information content (AvgIpc) is 3.26. The van der Waals surface area contributed by atoms with Crippen LogP contribution in [0.3, 0.4) is 0 Å². The molecule has 6 aliphatic carbocycles. The van der Waals surface area contributed by atoms with Gasteiger partial charge in [-0.15, -0.1) is 0 Å². The van der Waals surface area contributed by atoms with Gasteiger partial charge in [0.1, 0.15) is 11.5 Å². The Labute approximate surface area is 354 Å². The van der Waals surface area contributed by atoms with Gasteiger partial charge in [-0.2, -0.15) is 0 Å². The third-order valence-corrected chi connectivity index (χ3v) is 26.4. The van der Waals surface area contributed by atoms with Gasteiger partial charge in [0, 0.05) is 21.7 Å². The second kappa shape index (κ2) is 25.6. The Morgan fingerprint density at radius 2 is 0.455 bits per heavy atom. The first kappa shape index (κ1) is 46.8. The van der Waals surface area contributed by atoms with E-state index in [0.29, 0.717) is 11.5 Å². The molecule has 4 N–H and O–H groups in total. The van der Waals surface area contributed by atoms with Gasteiger partial charge in [0.25, 0.3) is 0 Å². The summed E-state index contributed by atoms with van der Waals surface area (Å²) >= 11 is 0. The van der Waals surface area contributed by atoms with E-state index < -0.39 is 16.6 Å². The molecule has 6 fully saturated rings. The molecule has 0 aromatic heterocycles. The number of aromatic hydroxyl groups is 2. The largest absolute Gasteiger partial charge is 0.508 e. The molecule has 6 aliphatic rings. The first-order valence-electron chi connectivity index (χ1n) is 23.3. The van der Waals surface area contributed by atoms with Crippen molar-refractivity contribution in [1.82, 2.24) is 0 Å². The Balaban J connectivity index is 0.000000180. The zero-order valence-electron chi connectivity index (χ0n) is 34.7. The van der Waals surface area contributed by atoms with Crippen LogP contribution in [0.2, 0.25) is 33.2 Å². The molecule has 0 unspecified atom stereocenters. The summed E-state index contributed by atoms with van der Waals surface area (Å²) in [5.41, 5.74) is 4.60. The molecule has 0 amide bonds. The second-order valence-corrected chi connectivity index (χ2v) is 26.9. The number of benzene rings is 2. The molecule has 0 saturated heterocycles. The molecule has 4 nitrogen and oxygen atoms in total. The predicted octanol–water partition coefficient (Wildman–Crippen LogP) is 14.6. The van der Waals surface area contributed by atoms with Crippen molar-refractivity contribution in [2.45, 2.75) is 226 Å². The van der Waals surface area contributed by atoms with Crippen molar-refractivity contribution < 1.29 is 41.5 Å². The summed E-state index contributed by atoms with van der Waals surface area (Å²) in [6.45, 7) is 0. The van der Waals surface area contributed by atoms with Crippen LogP contribution in [0.25, 0.3) is 0 Å². The van der Waals surface area contributed by atoms with E-state index in [1.54, 1.807) is 48.5 Å². The van der Waals surface area contributed by atoms with Crippen LogP contribution in [0, 0.1) is 0 Å². The summed E-state index contributed by atoms with van der Waals surface area (Å²) in [4.78, 5) is 24.0. The quantitative estimate of drug-likeness (QED) is 0.219. The van der Waals surface area contributed by atoms with Crippen molar-refractivity contribution in [2.75, 3.05) is 0 Å². The van der Waals surface area contributed by atoms with E-state index in [1.165, 1.54) is 193 Å². The molecule has 0 atom stereocenters. The average molecular weight is 825 g/mol. The maximum atomic E-state index is 12.0. The number of phenols is 2. The Kier molecular flexibility index (Phi) is 21.7. The minimum atomic E-state index is -2.05. The van der Waals surface area contributed by atoms with E-state index in [2.05, 4.69) is 0 Å². The van der Waals surface area contributed by atoms with Crippen molar-refractivity contribution in [3.8, 4) is 11.5 Å². The molecule has 0 heterocycles. The fourth-order valence-electron chi connectivity index (χ4n) is 12.2. The van der Waals surface area contributed by atoms with Crippen LogP contribution in [0.1, 0.15) is 193 Å². The molecule has 308 valence electrons. The van der Waals surface area contributed by atoms with Gasteiger partial charge in [-0.3, -0.25) is 0 Å². The number of phenolic OH excluding ortho intramolecular Hbond substituents is 2. The molecular weight excluding hydrogens is 745 g/mol. The van der Waals surface area contributed by atoms with E-state index in [1.807, 2.05) is 12.1 Å². The van der Waals surface area contributed by atoms with Gasteiger partial charge < -0.3 is 19.8 Å². The Bertz CT molecular complexity index is 1040. The molecule has 2 aromatic rings. The Morgan fingerprint density at radius 1 is 0.291 bits per heavy atom. The van der Waals surface area contributed by atoms with Gasteiger partial charge in [0.05, 0.1) is 0 Å². The molecule has 0 radical (unpaired) electrons. The maximum absolute atomic E-state index is 12.0. The van der Waals surface area contributed by atoms with Crippen LogP contribution in [-0.4, -0.2) is 36.4 Å². The van der Waals surface area contributed by atoms with Crippen LogP contribution in [0.4, 0.5) is 0 Å². The van der Waals surface area contributed by atoms with Crippen LogP contribution in [0.5, 0.6) is 11.5 Å². The van der Waals surface area contributed by atoms with Gasteiger partial charge in [0.15, 0.2) is 16.6 Å². The smallest absolute Gasteiger partial charge is 0.197 e. The van der Waals surface area contributed by atoms with Crippen molar-refractivity contribution in [3.05, 3.63) is 60.7 Å². The normalized spacial score (nSPS) is 23.0. The van der Waals surface area contributed by atoms with Crippen molar-refractivity contribution in [1.29, 1.82) is 0 Å². The van der Waals surface area contributed by atoms with E-state index in [0.717, 1.165) is 33.2 Å². The number of rotatable bonds is 6. The standard InChI is InChI=1S/2C18H34OSi.2C6H6O.Ti/c2*19-20(16-10-4-1-5-11-16,17-12-6-2-7-13-17)18-14-8-3-9-15-18;2*7-6-4-2-1-3-5-6;/h2*16-19H,1-15H2;2*1-5,7H;. The Hall–Kier alpha value is -0.892. The summed E-state index contributed by atoms with van der Waals surface area (Å²) in [6, 6.07) is 17.4. The first-order chi connectivity index (χ1) is 26.4. The van der Waals surface area contributed by atoms with E-state index in [-0.39, 0.29) is 21.7 Å². The fraction of sp³-hybridized carbons (Fsp3) is 0.750. The molecule has 55 heavy (non-hydrogen) atoms. The number of para-hydroxylation sites is 2. The van der Waals surface area contributed by atoms with Gasteiger partial charge in [-0.1, -0.05) is 229 Å². The predicted molar refractivity (Wildman–Crippen MR) is 233 cm³/mol. The van der Waals surface area contributed by atoms with Gasteiger partial charge in [0.2, 0.25) is 0 Å². The monoisotopic (exact) mass is 825 g/mol. The van der Waals surface area contributed by atoms with Gasteiger partial charge in [-0.05, 0) is 57.5 Å². The fourth-order valence-corrected chi connectivity index (χ4v) is 24.2. The minimum Gasteiger partial charge on any atom is -0.508 e.